The molecule has 0 N–H and O–H groups in total. The molecule has 8 heteroatoms. The average Bonchev–Trinajstić information content (AvgIpc) is 3.11. The van der Waals surface area contributed by atoms with E-state index in [1.54, 1.807) is 60.7 Å². The first-order valence-corrected chi connectivity index (χ1v) is 10.7. The van der Waals surface area contributed by atoms with Crippen molar-refractivity contribution in [3.8, 4) is 17.1 Å². The van der Waals surface area contributed by atoms with E-state index in [4.69, 9.17) is 20.8 Å². The van der Waals surface area contributed by atoms with E-state index >= 15 is 0 Å². The van der Waals surface area contributed by atoms with Gasteiger partial charge in [-0.05, 0) is 55.5 Å². The highest BCUT2D eigenvalue weighted by atomic mass is 35.5. The molecule has 0 bridgehead atoms. The van der Waals surface area contributed by atoms with Crippen molar-refractivity contribution in [2.45, 2.75) is 13.0 Å². The molecule has 3 aromatic carbocycles. The van der Waals surface area contributed by atoms with Gasteiger partial charge in [-0.3, -0.25) is 19.3 Å². The third kappa shape index (κ3) is 3.47. The molecular weight excluding hydrogens is 458 g/mol. The lowest BCUT2D eigenvalue weighted by atomic mass is 10.1. The number of ether oxygens (including phenoxy) is 1. The molecule has 168 valence electrons. The van der Waals surface area contributed by atoms with Gasteiger partial charge < -0.3 is 9.15 Å². The normalized spacial score (nSPS) is 13.8. The van der Waals surface area contributed by atoms with Gasteiger partial charge in [0.1, 0.15) is 11.6 Å². The van der Waals surface area contributed by atoms with Crippen molar-refractivity contribution < 1.29 is 23.5 Å². The molecule has 1 aliphatic heterocycles. The number of halogens is 1. The summed E-state index contributed by atoms with van der Waals surface area (Å²) in [6.07, 6.45) is 0. The number of imide groups is 1. The lowest BCUT2D eigenvalue weighted by Crippen LogP contribution is -2.45. The SMILES string of the molecule is C[C@@H](C(=O)Oc1c(-c2ccc(Cl)cc2)oc2ccccc2c1=O)N1C(=O)c2ccccc2C1=O. The molecule has 0 aliphatic carbocycles. The number of carbonyl (C=O) groups excluding carboxylic acids is 3. The molecule has 1 atom stereocenters. The van der Waals surface area contributed by atoms with Crippen LogP contribution in [0.3, 0.4) is 0 Å². The fourth-order valence-electron chi connectivity index (χ4n) is 3.86. The summed E-state index contributed by atoms with van der Waals surface area (Å²) in [4.78, 5) is 52.7. The molecule has 2 amide bonds. The Kier molecular flexibility index (Phi) is 5.26. The molecule has 5 rings (SSSR count). The van der Waals surface area contributed by atoms with Crippen molar-refractivity contribution in [3.05, 3.63) is 99.2 Å². The molecule has 0 spiro atoms. The van der Waals surface area contributed by atoms with E-state index < -0.39 is 29.3 Å². The number of fused-ring (bicyclic) bond motifs is 2. The van der Waals surface area contributed by atoms with Crippen molar-refractivity contribution in [1.29, 1.82) is 0 Å². The van der Waals surface area contributed by atoms with Crippen LogP contribution in [-0.2, 0) is 4.79 Å². The van der Waals surface area contributed by atoms with Gasteiger partial charge in [-0.15, -0.1) is 0 Å². The lowest BCUT2D eigenvalue weighted by Gasteiger charge is -2.21. The molecule has 0 fully saturated rings. The fraction of sp³-hybridized carbons (Fsp3) is 0.0769. The number of carbonyl (C=O) groups is 3. The van der Waals surface area contributed by atoms with Crippen LogP contribution in [0.15, 0.2) is 82.0 Å². The first kappa shape index (κ1) is 21.6. The van der Waals surface area contributed by atoms with Gasteiger partial charge in [-0.1, -0.05) is 35.9 Å². The van der Waals surface area contributed by atoms with Gasteiger partial charge in [0.25, 0.3) is 11.8 Å². The maximum atomic E-state index is 13.3. The Morgan fingerprint density at radius 3 is 2.12 bits per heavy atom. The van der Waals surface area contributed by atoms with Crippen molar-refractivity contribution in [2.24, 2.45) is 0 Å². The first-order chi connectivity index (χ1) is 16.4. The summed E-state index contributed by atoms with van der Waals surface area (Å²) in [6.45, 7) is 1.37. The van der Waals surface area contributed by atoms with Crippen LogP contribution < -0.4 is 10.2 Å². The second-order valence-electron chi connectivity index (χ2n) is 7.72. The molecule has 1 aromatic heterocycles. The van der Waals surface area contributed by atoms with Crippen LogP contribution in [0.5, 0.6) is 5.75 Å². The number of hydrogen-bond donors (Lipinski definition) is 0. The second kappa shape index (κ2) is 8.28. The highest BCUT2D eigenvalue weighted by Crippen LogP contribution is 2.32. The molecule has 7 nitrogen and oxygen atoms in total. The number of esters is 1. The zero-order valence-electron chi connectivity index (χ0n) is 17.8. The van der Waals surface area contributed by atoms with Crippen molar-refractivity contribution in [3.63, 3.8) is 0 Å². The van der Waals surface area contributed by atoms with Gasteiger partial charge >= 0.3 is 5.97 Å². The lowest BCUT2D eigenvalue weighted by molar-refractivity contribution is -0.138. The summed E-state index contributed by atoms with van der Waals surface area (Å²) in [7, 11) is 0. The maximum Gasteiger partial charge on any atom is 0.334 e. The van der Waals surface area contributed by atoms with Gasteiger partial charge in [0.15, 0.2) is 5.76 Å². The Morgan fingerprint density at radius 2 is 1.47 bits per heavy atom. The summed E-state index contributed by atoms with van der Waals surface area (Å²) in [5.74, 6) is -2.47. The van der Waals surface area contributed by atoms with E-state index in [0.29, 0.717) is 16.2 Å². The molecule has 0 saturated carbocycles. The number of amides is 2. The van der Waals surface area contributed by atoms with Gasteiger partial charge in [0.2, 0.25) is 11.2 Å². The Morgan fingerprint density at radius 1 is 0.882 bits per heavy atom. The number of nitrogens with zero attached hydrogens (tertiary/aromatic N) is 1. The number of para-hydroxylation sites is 1. The molecule has 0 radical (unpaired) electrons. The van der Waals surface area contributed by atoms with Crippen LogP contribution in [0.1, 0.15) is 27.6 Å². The minimum atomic E-state index is -1.28. The third-order valence-electron chi connectivity index (χ3n) is 5.62. The number of rotatable bonds is 4. The predicted molar refractivity (Wildman–Crippen MR) is 125 cm³/mol. The van der Waals surface area contributed by atoms with Gasteiger partial charge in [-0.25, -0.2) is 4.79 Å². The topological polar surface area (TPSA) is 93.9 Å². The van der Waals surface area contributed by atoms with E-state index in [-0.39, 0.29) is 28.0 Å². The smallest absolute Gasteiger partial charge is 0.334 e. The quantitative estimate of drug-likeness (QED) is 0.315. The zero-order chi connectivity index (χ0) is 24.0. The summed E-state index contributed by atoms with van der Waals surface area (Å²) in [5.41, 5.74) is 0.627. The number of benzene rings is 3. The van der Waals surface area contributed by atoms with Crippen molar-refractivity contribution in [1.82, 2.24) is 4.90 Å². The van der Waals surface area contributed by atoms with E-state index in [0.717, 1.165) is 4.90 Å². The largest absolute Gasteiger partial charge is 0.452 e. The summed E-state index contributed by atoms with van der Waals surface area (Å²) < 4.78 is 11.4. The van der Waals surface area contributed by atoms with E-state index in [2.05, 4.69) is 0 Å². The molecule has 4 aromatic rings. The van der Waals surface area contributed by atoms with E-state index in [1.165, 1.54) is 19.1 Å². The second-order valence-corrected chi connectivity index (χ2v) is 8.15. The van der Waals surface area contributed by atoms with Crippen LogP contribution in [-0.4, -0.2) is 28.7 Å². The van der Waals surface area contributed by atoms with Crippen molar-refractivity contribution in [2.75, 3.05) is 0 Å². The van der Waals surface area contributed by atoms with Crippen LogP contribution in [0.2, 0.25) is 5.02 Å². The highest BCUT2D eigenvalue weighted by molar-refractivity contribution is 6.30. The van der Waals surface area contributed by atoms with E-state index in [9.17, 15) is 19.2 Å². The van der Waals surface area contributed by atoms with Crippen molar-refractivity contribution >= 4 is 40.4 Å². The van der Waals surface area contributed by atoms with Gasteiger partial charge in [0.05, 0.1) is 16.5 Å². The zero-order valence-corrected chi connectivity index (χ0v) is 18.5. The summed E-state index contributed by atoms with van der Waals surface area (Å²) >= 11 is 5.98. The monoisotopic (exact) mass is 473 g/mol. The first-order valence-electron chi connectivity index (χ1n) is 10.4. The molecule has 1 aliphatic rings. The standard InChI is InChI=1S/C26H16ClNO6/c1-14(28-24(30)17-6-2-3-7-18(17)25(28)31)26(32)34-23-21(29)19-8-4-5-9-20(19)33-22(23)15-10-12-16(27)13-11-15/h2-14H,1H3/t14-/m0/s1. The summed E-state index contributed by atoms with van der Waals surface area (Å²) in [5, 5.41) is 0.695. The third-order valence-corrected chi connectivity index (χ3v) is 5.87. The Balaban J connectivity index is 1.55. The maximum absolute atomic E-state index is 13.3. The molecule has 2 heterocycles. The minimum Gasteiger partial charge on any atom is -0.452 e. The van der Waals surface area contributed by atoms with E-state index in [1.807, 2.05) is 0 Å². The molecular formula is C26H16ClNO6. The molecule has 0 saturated heterocycles. The van der Waals surface area contributed by atoms with Gasteiger partial charge in [0, 0.05) is 10.6 Å². The van der Waals surface area contributed by atoms with Crippen LogP contribution in [0, 0.1) is 0 Å². The molecule has 34 heavy (non-hydrogen) atoms. The van der Waals surface area contributed by atoms with Crippen LogP contribution >= 0.6 is 11.6 Å². The Hall–Kier alpha value is -4.23. The minimum absolute atomic E-state index is 0.0308. The average molecular weight is 474 g/mol. The van der Waals surface area contributed by atoms with Crippen LogP contribution in [0.25, 0.3) is 22.3 Å². The van der Waals surface area contributed by atoms with Gasteiger partial charge in [-0.2, -0.15) is 0 Å². The fourth-order valence-corrected chi connectivity index (χ4v) is 3.99. The summed E-state index contributed by atoms with van der Waals surface area (Å²) in [6, 6.07) is 18.1. The Labute approximate surface area is 198 Å². The Bertz CT molecular complexity index is 1500. The molecule has 0 unspecified atom stereocenters. The number of hydrogen-bond acceptors (Lipinski definition) is 6. The predicted octanol–water partition coefficient (Wildman–Crippen LogP) is 4.70. The highest BCUT2D eigenvalue weighted by Gasteiger charge is 2.41. The van der Waals surface area contributed by atoms with Crippen LogP contribution in [0.4, 0.5) is 0 Å².